The quantitative estimate of drug-likeness (QED) is 0.307. The molecule has 24 heavy (non-hydrogen) atoms. The number of anilines is 1. The molecule has 0 heterocycles. The Morgan fingerprint density at radius 1 is 0.792 bits per heavy atom. The third-order valence-corrected chi connectivity index (χ3v) is 9.45. The zero-order valence-electron chi connectivity index (χ0n) is 12.7. The average Bonchev–Trinajstić information content (AvgIpc) is 2.63. The van der Waals surface area contributed by atoms with Gasteiger partial charge in [-0.25, -0.2) is 0 Å². The molecule has 4 nitrogen and oxygen atoms in total. The molecule has 0 aliphatic rings. The number of nitro benzene ring substituents is 1. The van der Waals surface area contributed by atoms with Crippen molar-refractivity contribution in [2.75, 3.05) is 5.09 Å². The molecule has 0 aliphatic carbocycles. The molecule has 0 saturated heterocycles. The average molecular weight is 401 g/mol. The topological polar surface area (TPSA) is 55.2 Å². The molecule has 1 N–H and O–H groups in total. The molecule has 0 unspecified atom stereocenters. The van der Waals surface area contributed by atoms with Crippen LogP contribution in [-0.2, 0) is 0 Å². The summed E-state index contributed by atoms with van der Waals surface area (Å²) >= 11 is 3.32. The van der Waals surface area contributed by atoms with Crippen molar-refractivity contribution < 1.29 is 4.92 Å². The maximum absolute atomic E-state index is 11.3. The number of hydrogen-bond acceptors (Lipinski definition) is 3. The standard InChI is InChI=1S/C18H15N2O2PSe/c21-20(22)18-14-8-7-13-17(18)19-23(24,15-9-3-1-4-10-15)16-11-5-2-6-12-16/h1-14H,(H,19,24). The number of nitro groups is 1. The van der Waals surface area contributed by atoms with Crippen LogP contribution in [0.5, 0.6) is 0 Å². The van der Waals surface area contributed by atoms with Crippen LogP contribution in [0.2, 0.25) is 0 Å². The normalized spacial score (nSPS) is 11.0. The Balaban J connectivity index is 2.15. The second kappa shape index (κ2) is 7.14. The van der Waals surface area contributed by atoms with Crippen LogP contribution >= 0.6 is 5.66 Å². The molecular formula is C18H15N2O2PSe. The van der Waals surface area contributed by atoms with Crippen LogP contribution in [-0.4, -0.2) is 20.0 Å². The monoisotopic (exact) mass is 402 g/mol. The molecule has 0 bridgehead atoms. The van der Waals surface area contributed by atoms with Gasteiger partial charge in [0.2, 0.25) is 0 Å². The van der Waals surface area contributed by atoms with E-state index in [-0.39, 0.29) is 10.6 Å². The van der Waals surface area contributed by atoms with Gasteiger partial charge in [0.15, 0.2) is 0 Å². The van der Waals surface area contributed by atoms with Crippen LogP contribution in [0.4, 0.5) is 11.4 Å². The molecule has 0 atom stereocenters. The van der Waals surface area contributed by atoms with Crippen molar-refractivity contribution >= 4 is 42.7 Å². The van der Waals surface area contributed by atoms with E-state index in [4.69, 9.17) is 0 Å². The summed E-state index contributed by atoms with van der Waals surface area (Å²) < 4.78 is 0. The molecule has 0 aromatic heterocycles. The zero-order chi connectivity index (χ0) is 17.0. The Hall–Kier alpha value is -2.19. The van der Waals surface area contributed by atoms with Crippen LogP contribution in [0, 0.1) is 10.1 Å². The van der Waals surface area contributed by atoms with Crippen molar-refractivity contribution in [3.8, 4) is 0 Å². The van der Waals surface area contributed by atoms with Gasteiger partial charge in [0, 0.05) is 0 Å². The summed E-state index contributed by atoms with van der Waals surface area (Å²) in [5.41, 5.74) is -1.55. The van der Waals surface area contributed by atoms with E-state index in [2.05, 4.69) is 20.2 Å². The van der Waals surface area contributed by atoms with E-state index in [0.29, 0.717) is 5.69 Å². The van der Waals surface area contributed by atoms with Crippen LogP contribution in [0.15, 0.2) is 84.9 Å². The van der Waals surface area contributed by atoms with E-state index in [1.54, 1.807) is 18.2 Å². The first kappa shape index (κ1) is 16.7. The molecule has 6 heteroatoms. The fraction of sp³-hybridized carbons (Fsp3) is 0. The Morgan fingerprint density at radius 2 is 1.25 bits per heavy atom. The fourth-order valence-electron chi connectivity index (χ4n) is 2.45. The molecule has 0 radical (unpaired) electrons. The van der Waals surface area contributed by atoms with Crippen molar-refractivity contribution in [3.63, 3.8) is 0 Å². The van der Waals surface area contributed by atoms with E-state index in [9.17, 15) is 10.1 Å². The summed E-state index contributed by atoms with van der Waals surface area (Å²) in [4.78, 5) is 11.0. The second-order valence-corrected chi connectivity index (χ2v) is 11.1. The van der Waals surface area contributed by atoms with Gasteiger partial charge in [-0.05, 0) is 0 Å². The van der Waals surface area contributed by atoms with E-state index in [0.717, 1.165) is 10.6 Å². The number of benzene rings is 3. The molecule has 0 aliphatic heterocycles. The summed E-state index contributed by atoms with van der Waals surface area (Å²) in [6, 6.07) is 26.7. The van der Waals surface area contributed by atoms with Gasteiger partial charge >= 0.3 is 148 Å². The number of para-hydroxylation sites is 2. The summed E-state index contributed by atoms with van der Waals surface area (Å²) in [5.74, 6) is 0. The van der Waals surface area contributed by atoms with E-state index >= 15 is 0 Å². The maximum atomic E-state index is 11.3. The third kappa shape index (κ3) is 3.34. The SMILES string of the molecule is O=[N+]([O-])c1ccccc1NP(=[Se])(c1ccccc1)c1ccccc1. The number of rotatable bonds is 5. The molecule has 3 rings (SSSR count). The van der Waals surface area contributed by atoms with Gasteiger partial charge in [0.05, 0.1) is 0 Å². The first-order valence-corrected chi connectivity index (χ1v) is 11.3. The Bertz CT molecular complexity index is 858. The second-order valence-electron chi connectivity index (χ2n) is 5.17. The molecule has 3 aromatic rings. The Morgan fingerprint density at radius 3 is 1.75 bits per heavy atom. The summed E-state index contributed by atoms with van der Waals surface area (Å²) in [6.45, 7) is 0. The Labute approximate surface area is 148 Å². The fourth-order valence-corrected chi connectivity index (χ4v) is 6.87. The molecule has 0 fully saturated rings. The molecule has 0 spiro atoms. The van der Waals surface area contributed by atoms with Gasteiger partial charge in [0.25, 0.3) is 0 Å². The molecule has 120 valence electrons. The molecule has 3 aromatic carbocycles. The minimum absolute atomic E-state index is 0.0731. The van der Waals surface area contributed by atoms with Gasteiger partial charge in [-0.1, -0.05) is 0 Å². The zero-order valence-corrected chi connectivity index (χ0v) is 15.3. The Kier molecular flexibility index (Phi) is 4.96. The predicted octanol–water partition coefficient (Wildman–Crippen LogP) is 3.67. The van der Waals surface area contributed by atoms with Crippen LogP contribution in [0.3, 0.4) is 0 Å². The third-order valence-electron chi connectivity index (χ3n) is 3.62. The van der Waals surface area contributed by atoms with Gasteiger partial charge < -0.3 is 0 Å². The number of hydrogen-bond donors (Lipinski definition) is 1. The summed E-state index contributed by atoms with van der Waals surface area (Å²) in [7, 11) is 0. The van der Waals surface area contributed by atoms with Crippen molar-refractivity contribution in [1.29, 1.82) is 0 Å². The summed E-state index contributed by atoms with van der Waals surface area (Å²) in [5, 5.41) is 17.0. The van der Waals surface area contributed by atoms with Crippen LogP contribution in [0.25, 0.3) is 0 Å². The number of nitrogens with zero attached hydrogens (tertiary/aromatic N) is 1. The van der Waals surface area contributed by atoms with Crippen LogP contribution < -0.4 is 15.7 Å². The first-order valence-electron chi connectivity index (χ1n) is 7.34. The van der Waals surface area contributed by atoms with E-state index in [1.807, 2.05) is 60.7 Å². The predicted molar refractivity (Wildman–Crippen MR) is 102 cm³/mol. The van der Waals surface area contributed by atoms with Gasteiger partial charge in [0.1, 0.15) is 0 Å². The van der Waals surface area contributed by atoms with Gasteiger partial charge in [-0.2, -0.15) is 0 Å². The van der Waals surface area contributed by atoms with Crippen molar-refractivity contribution in [3.05, 3.63) is 95.0 Å². The van der Waals surface area contributed by atoms with Gasteiger partial charge in [-0.15, -0.1) is 0 Å². The van der Waals surface area contributed by atoms with Crippen molar-refractivity contribution in [2.45, 2.75) is 0 Å². The summed E-state index contributed by atoms with van der Waals surface area (Å²) in [6.07, 6.45) is 0. The van der Waals surface area contributed by atoms with E-state index < -0.39 is 5.66 Å². The molecule has 0 amide bonds. The molecule has 0 saturated carbocycles. The van der Waals surface area contributed by atoms with Crippen molar-refractivity contribution in [1.82, 2.24) is 0 Å². The van der Waals surface area contributed by atoms with E-state index in [1.165, 1.54) is 6.07 Å². The molecular weight excluding hydrogens is 386 g/mol. The van der Waals surface area contributed by atoms with Gasteiger partial charge in [-0.3, -0.25) is 0 Å². The minimum atomic E-state index is -2.14. The van der Waals surface area contributed by atoms with Crippen molar-refractivity contribution in [2.24, 2.45) is 0 Å². The number of nitrogens with one attached hydrogen (secondary N) is 1. The van der Waals surface area contributed by atoms with Crippen LogP contribution in [0.1, 0.15) is 0 Å². The first-order chi connectivity index (χ1) is 11.6.